The Morgan fingerprint density at radius 1 is 1.14 bits per heavy atom. The molecule has 3 aliphatic rings. The van der Waals surface area contributed by atoms with Crippen LogP contribution in [0.2, 0.25) is 0 Å². The van der Waals surface area contributed by atoms with Crippen molar-refractivity contribution in [3.63, 3.8) is 0 Å². The molecule has 0 radical (unpaired) electrons. The highest BCUT2D eigenvalue weighted by atomic mass is 19.1. The van der Waals surface area contributed by atoms with Crippen molar-refractivity contribution in [1.82, 2.24) is 19.9 Å². The molecule has 7 rings (SSSR count). The Hall–Kier alpha value is -4.14. The van der Waals surface area contributed by atoms with E-state index < -0.39 is 23.3 Å². The highest BCUT2D eigenvalue weighted by Gasteiger charge is 2.49. The van der Waals surface area contributed by atoms with Crippen molar-refractivity contribution in [3.8, 4) is 35.4 Å². The number of aromatic hydroxyl groups is 1. The fourth-order valence-corrected chi connectivity index (χ4v) is 7.32. The number of phenols is 1. The summed E-state index contributed by atoms with van der Waals surface area (Å²) in [5, 5.41) is 21.4. The Labute approximate surface area is 252 Å². The maximum absolute atomic E-state index is 16.7. The molecule has 2 N–H and O–H groups in total. The van der Waals surface area contributed by atoms with Crippen LogP contribution in [0.5, 0.6) is 11.8 Å². The van der Waals surface area contributed by atoms with Crippen LogP contribution in [0.4, 0.5) is 19.0 Å². The van der Waals surface area contributed by atoms with Gasteiger partial charge in [0.1, 0.15) is 41.4 Å². The molecule has 0 bridgehead atoms. The number of terminal acetylenes is 1. The van der Waals surface area contributed by atoms with Gasteiger partial charge in [-0.3, -0.25) is 9.88 Å². The third-order valence-corrected chi connectivity index (χ3v) is 9.40. The molecule has 5 heterocycles. The number of hydrogen-bond donors (Lipinski definition) is 2. The van der Waals surface area contributed by atoms with E-state index in [0.29, 0.717) is 42.6 Å². The largest absolute Gasteiger partial charge is 0.508 e. The first kappa shape index (κ1) is 28.6. The van der Waals surface area contributed by atoms with Gasteiger partial charge < -0.3 is 19.8 Å². The van der Waals surface area contributed by atoms with Crippen molar-refractivity contribution in [2.45, 2.75) is 43.8 Å². The second-order valence-electron chi connectivity index (χ2n) is 12.2. The molecule has 0 aliphatic carbocycles. The van der Waals surface area contributed by atoms with Gasteiger partial charge in [0.15, 0.2) is 5.82 Å². The summed E-state index contributed by atoms with van der Waals surface area (Å²) in [6, 6.07) is 5.35. The smallest absolute Gasteiger partial charge is 0.319 e. The molecular formula is C33H32F3N5O3. The number of aliphatic hydroxyl groups is 1. The predicted octanol–water partition coefficient (Wildman–Crippen LogP) is 4.97. The SMILES string of the molecule is C#Cc1c(F)ccc2cc(O)cc(-c3ncc4c(N5CCC[C@@H](CO)C5)nc(OC[C@@]56CCCN5C[C@H](F)C6)nc4c3F)c12. The molecule has 3 fully saturated rings. The van der Waals surface area contributed by atoms with Gasteiger partial charge in [0.05, 0.1) is 16.5 Å². The first-order valence-corrected chi connectivity index (χ1v) is 15.0. The number of anilines is 1. The van der Waals surface area contributed by atoms with E-state index in [1.54, 1.807) is 0 Å². The zero-order valence-corrected chi connectivity index (χ0v) is 24.1. The van der Waals surface area contributed by atoms with E-state index in [4.69, 9.17) is 16.1 Å². The van der Waals surface area contributed by atoms with Gasteiger partial charge in [0.2, 0.25) is 0 Å². The lowest BCUT2D eigenvalue weighted by Crippen LogP contribution is -2.43. The molecule has 3 saturated heterocycles. The van der Waals surface area contributed by atoms with Crippen LogP contribution in [0.3, 0.4) is 0 Å². The molecule has 3 aliphatic heterocycles. The second kappa shape index (κ2) is 11.1. The van der Waals surface area contributed by atoms with E-state index >= 15 is 4.39 Å². The van der Waals surface area contributed by atoms with Crippen LogP contribution in [0.1, 0.15) is 37.7 Å². The molecular weight excluding hydrogens is 571 g/mol. The minimum absolute atomic E-state index is 0.0149. The van der Waals surface area contributed by atoms with Gasteiger partial charge >= 0.3 is 6.01 Å². The Morgan fingerprint density at radius 2 is 2.00 bits per heavy atom. The first-order valence-electron chi connectivity index (χ1n) is 15.0. The monoisotopic (exact) mass is 603 g/mol. The summed E-state index contributed by atoms with van der Waals surface area (Å²) >= 11 is 0. The van der Waals surface area contributed by atoms with Crippen molar-refractivity contribution in [2.75, 3.05) is 44.3 Å². The number of pyridine rings is 1. The van der Waals surface area contributed by atoms with E-state index in [0.717, 1.165) is 32.2 Å². The van der Waals surface area contributed by atoms with Crippen molar-refractivity contribution in [2.24, 2.45) is 5.92 Å². The molecule has 11 heteroatoms. The Kier molecular flexibility index (Phi) is 7.22. The van der Waals surface area contributed by atoms with Crippen molar-refractivity contribution < 1.29 is 28.1 Å². The van der Waals surface area contributed by atoms with Gasteiger partial charge in [-0.05, 0) is 61.7 Å². The summed E-state index contributed by atoms with van der Waals surface area (Å²) < 4.78 is 52.0. The summed E-state index contributed by atoms with van der Waals surface area (Å²) in [6.07, 6.45) is 9.94. The fraction of sp³-hybridized carbons (Fsp3) is 0.424. The van der Waals surface area contributed by atoms with Crippen molar-refractivity contribution in [1.29, 1.82) is 0 Å². The third kappa shape index (κ3) is 4.77. The number of aromatic nitrogens is 3. The number of hydrogen-bond acceptors (Lipinski definition) is 8. The number of fused-ring (bicyclic) bond motifs is 3. The zero-order chi connectivity index (χ0) is 30.6. The molecule has 8 nitrogen and oxygen atoms in total. The maximum atomic E-state index is 16.7. The highest BCUT2D eigenvalue weighted by molar-refractivity contribution is 6.03. The summed E-state index contributed by atoms with van der Waals surface area (Å²) in [4.78, 5) is 17.7. The molecule has 2 aromatic carbocycles. The maximum Gasteiger partial charge on any atom is 0.319 e. The van der Waals surface area contributed by atoms with E-state index in [1.165, 1.54) is 30.5 Å². The van der Waals surface area contributed by atoms with E-state index in [2.05, 4.69) is 20.8 Å². The van der Waals surface area contributed by atoms with E-state index in [9.17, 15) is 19.0 Å². The summed E-state index contributed by atoms with van der Waals surface area (Å²) in [7, 11) is 0. The zero-order valence-electron chi connectivity index (χ0n) is 24.1. The molecule has 0 amide bonds. The lowest BCUT2D eigenvalue weighted by Gasteiger charge is -2.34. The van der Waals surface area contributed by atoms with Crippen LogP contribution in [-0.2, 0) is 0 Å². The van der Waals surface area contributed by atoms with Gasteiger partial charge in [-0.2, -0.15) is 9.97 Å². The molecule has 2 aromatic heterocycles. The van der Waals surface area contributed by atoms with Gasteiger partial charge in [0.25, 0.3) is 0 Å². The van der Waals surface area contributed by atoms with Crippen molar-refractivity contribution in [3.05, 3.63) is 47.7 Å². The lowest BCUT2D eigenvalue weighted by molar-refractivity contribution is 0.107. The Bertz CT molecular complexity index is 1810. The molecule has 0 saturated carbocycles. The summed E-state index contributed by atoms with van der Waals surface area (Å²) in [5.74, 6) is 1.17. The normalized spacial score (nSPS) is 23.8. The molecule has 44 heavy (non-hydrogen) atoms. The van der Waals surface area contributed by atoms with Crippen LogP contribution >= 0.6 is 0 Å². The highest BCUT2D eigenvalue weighted by Crippen LogP contribution is 2.42. The summed E-state index contributed by atoms with van der Waals surface area (Å²) in [6.45, 7) is 2.49. The minimum atomic E-state index is -0.934. The quantitative estimate of drug-likeness (QED) is 0.299. The van der Waals surface area contributed by atoms with Gasteiger partial charge in [-0.25, -0.2) is 13.2 Å². The van der Waals surface area contributed by atoms with Crippen LogP contribution in [0, 0.1) is 29.9 Å². The fourth-order valence-electron chi connectivity index (χ4n) is 7.32. The van der Waals surface area contributed by atoms with Gasteiger partial charge in [-0.15, -0.1) is 6.42 Å². The van der Waals surface area contributed by atoms with Crippen LogP contribution in [0.25, 0.3) is 32.9 Å². The second-order valence-corrected chi connectivity index (χ2v) is 12.2. The predicted molar refractivity (Wildman–Crippen MR) is 160 cm³/mol. The number of nitrogens with zero attached hydrogens (tertiary/aromatic N) is 5. The van der Waals surface area contributed by atoms with Crippen LogP contribution in [0.15, 0.2) is 30.5 Å². The van der Waals surface area contributed by atoms with Crippen LogP contribution in [-0.4, -0.2) is 81.2 Å². The van der Waals surface area contributed by atoms with Crippen LogP contribution < -0.4 is 9.64 Å². The average Bonchev–Trinajstić information content (AvgIpc) is 3.55. The lowest BCUT2D eigenvalue weighted by atomic mass is 9.95. The molecule has 4 aromatic rings. The van der Waals surface area contributed by atoms with E-state index in [-0.39, 0.29) is 58.6 Å². The van der Waals surface area contributed by atoms with Gasteiger partial charge in [-0.1, -0.05) is 12.0 Å². The summed E-state index contributed by atoms with van der Waals surface area (Å²) in [5.41, 5.74) is -0.638. The molecule has 0 spiro atoms. The number of alkyl halides is 1. The van der Waals surface area contributed by atoms with Crippen molar-refractivity contribution >= 4 is 27.5 Å². The average molecular weight is 604 g/mol. The minimum Gasteiger partial charge on any atom is -0.508 e. The number of rotatable bonds is 6. The number of phenolic OH excluding ortho intramolecular Hbond substituents is 1. The molecule has 0 unspecified atom stereocenters. The number of benzene rings is 2. The molecule has 3 atom stereocenters. The molecule has 228 valence electrons. The topological polar surface area (TPSA) is 94.8 Å². The standard InChI is InChI=1S/C33H32F3N5O3/c1-2-23-26(35)7-6-20-11-22(43)12-24(27(20)23)29-28(36)30-25(14-37-29)31(40-9-3-5-19(15-40)17-42)39-32(38-30)44-18-33-8-4-10-41(33)16-21(34)13-33/h1,6-7,11-12,14,19,21,42-43H,3-5,8-10,13,15-18H2/t19-,21-,33+/m1/s1. The number of aliphatic hydroxyl groups excluding tert-OH is 1. The van der Waals surface area contributed by atoms with Gasteiger partial charge in [0, 0.05) is 49.8 Å². The third-order valence-electron chi connectivity index (χ3n) is 9.40. The number of halogens is 3. The Balaban J connectivity index is 1.38. The number of ether oxygens (including phenoxy) is 1. The first-order chi connectivity index (χ1) is 21.3. The van der Waals surface area contributed by atoms with E-state index in [1.807, 2.05) is 4.90 Å². The Morgan fingerprint density at radius 3 is 2.82 bits per heavy atom. The number of piperidine rings is 1.